The molecule has 0 aliphatic heterocycles. The van der Waals surface area contributed by atoms with Gasteiger partial charge < -0.3 is 10.4 Å². The van der Waals surface area contributed by atoms with Crippen molar-refractivity contribution in [3.8, 4) is 0 Å². The van der Waals surface area contributed by atoms with Crippen LogP contribution in [0.4, 0.5) is 5.69 Å². The standard InChI is InChI=1S/C29H23Cl2NO3/c1-2-29(20-9-5-3-6-10-20,21-11-7-4-8-12-21)25-23(28(34)35)17-18-24(31)26(25)32-27(33)19-13-15-22(30)16-14-19/h3-18H,2H2,1H3,(H,32,33)(H,34,35). The second-order valence-electron chi connectivity index (χ2n) is 8.10. The first-order valence-electron chi connectivity index (χ1n) is 11.1. The van der Waals surface area contributed by atoms with Gasteiger partial charge in [0.1, 0.15) is 0 Å². The second kappa shape index (κ2) is 10.3. The topological polar surface area (TPSA) is 66.4 Å². The molecule has 0 radical (unpaired) electrons. The van der Waals surface area contributed by atoms with Crippen LogP contribution in [-0.2, 0) is 5.41 Å². The number of carboxylic acid groups (broad SMARTS) is 1. The summed E-state index contributed by atoms with van der Waals surface area (Å²) in [5.41, 5.74) is 2.01. The van der Waals surface area contributed by atoms with Crippen molar-refractivity contribution in [2.24, 2.45) is 0 Å². The molecular formula is C29H23Cl2NO3. The minimum Gasteiger partial charge on any atom is -0.478 e. The molecule has 0 spiro atoms. The lowest BCUT2D eigenvalue weighted by molar-refractivity contribution is 0.0694. The minimum absolute atomic E-state index is 0.0652. The fraction of sp³-hybridized carbons (Fsp3) is 0.103. The van der Waals surface area contributed by atoms with Crippen LogP contribution < -0.4 is 5.32 Å². The number of carboxylic acids is 1. The molecule has 35 heavy (non-hydrogen) atoms. The number of halogens is 2. The Hall–Kier alpha value is -3.60. The number of amides is 1. The van der Waals surface area contributed by atoms with E-state index in [0.29, 0.717) is 22.6 Å². The first-order chi connectivity index (χ1) is 16.9. The molecule has 2 N–H and O–H groups in total. The molecule has 0 heterocycles. The van der Waals surface area contributed by atoms with Gasteiger partial charge in [-0.1, -0.05) is 90.8 Å². The van der Waals surface area contributed by atoms with Crippen LogP contribution in [0, 0.1) is 0 Å². The Morgan fingerprint density at radius 2 is 1.34 bits per heavy atom. The molecule has 0 aromatic heterocycles. The van der Waals surface area contributed by atoms with Crippen molar-refractivity contribution in [3.05, 3.63) is 135 Å². The van der Waals surface area contributed by atoms with Crippen molar-refractivity contribution in [2.75, 3.05) is 5.32 Å². The Bertz CT molecular complexity index is 1310. The maximum Gasteiger partial charge on any atom is 0.336 e. The highest BCUT2D eigenvalue weighted by Crippen LogP contribution is 2.48. The first-order valence-corrected chi connectivity index (χ1v) is 11.9. The second-order valence-corrected chi connectivity index (χ2v) is 8.95. The third kappa shape index (κ3) is 4.68. The Morgan fingerprint density at radius 3 is 1.83 bits per heavy atom. The Labute approximate surface area is 214 Å². The molecule has 0 aliphatic carbocycles. The summed E-state index contributed by atoms with van der Waals surface area (Å²) in [6.45, 7) is 2.00. The minimum atomic E-state index is -1.11. The Balaban J connectivity index is 2.03. The van der Waals surface area contributed by atoms with Crippen LogP contribution in [0.1, 0.15) is 50.8 Å². The highest BCUT2D eigenvalue weighted by atomic mass is 35.5. The molecule has 0 saturated heterocycles. The quantitative estimate of drug-likeness (QED) is 0.254. The molecule has 0 saturated carbocycles. The van der Waals surface area contributed by atoms with E-state index in [9.17, 15) is 14.7 Å². The van der Waals surface area contributed by atoms with E-state index >= 15 is 0 Å². The van der Waals surface area contributed by atoms with Gasteiger partial charge in [-0.15, -0.1) is 0 Å². The number of rotatable bonds is 7. The third-order valence-corrected chi connectivity index (χ3v) is 6.79. The van der Waals surface area contributed by atoms with Gasteiger partial charge in [0, 0.05) is 21.6 Å². The summed E-state index contributed by atoms with van der Waals surface area (Å²) in [6, 6.07) is 28.8. The van der Waals surface area contributed by atoms with Crippen LogP contribution in [0.3, 0.4) is 0 Å². The number of hydrogen-bond donors (Lipinski definition) is 2. The summed E-state index contributed by atoms with van der Waals surface area (Å²) < 4.78 is 0. The Morgan fingerprint density at radius 1 is 0.800 bits per heavy atom. The van der Waals surface area contributed by atoms with Crippen molar-refractivity contribution >= 4 is 40.8 Å². The molecule has 0 fully saturated rings. The fourth-order valence-electron chi connectivity index (χ4n) is 4.59. The molecule has 176 valence electrons. The fourth-order valence-corrected chi connectivity index (χ4v) is 4.92. The van der Waals surface area contributed by atoms with E-state index < -0.39 is 17.3 Å². The first kappa shape index (κ1) is 24.5. The zero-order valence-corrected chi connectivity index (χ0v) is 20.5. The number of carbonyl (C=O) groups excluding carboxylic acids is 1. The van der Waals surface area contributed by atoms with Crippen molar-refractivity contribution < 1.29 is 14.7 Å². The number of anilines is 1. The predicted molar refractivity (Wildman–Crippen MR) is 141 cm³/mol. The van der Waals surface area contributed by atoms with Gasteiger partial charge in [-0.2, -0.15) is 0 Å². The van der Waals surface area contributed by atoms with Gasteiger partial charge in [-0.25, -0.2) is 4.79 Å². The number of hydrogen-bond acceptors (Lipinski definition) is 2. The molecule has 4 nitrogen and oxygen atoms in total. The van der Waals surface area contributed by atoms with E-state index in [2.05, 4.69) is 5.32 Å². The Kier molecular flexibility index (Phi) is 7.25. The zero-order valence-electron chi connectivity index (χ0n) is 19.0. The largest absolute Gasteiger partial charge is 0.478 e. The van der Waals surface area contributed by atoms with Gasteiger partial charge in [0.15, 0.2) is 0 Å². The number of carbonyl (C=O) groups is 2. The summed E-state index contributed by atoms with van der Waals surface area (Å²) >= 11 is 12.7. The van der Waals surface area contributed by atoms with Gasteiger partial charge in [-0.05, 0) is 53.9 Å². The van der Waals surface area contributed by atoms with Crippen molar-refractivity contribution in [1.82, 2.24) is 0 Å². The average molecular weight is 504 g/mol. The van der Waals surface area contributed by atoms with E-state index in [4.69, 9.17) is 23.2 Å². The van der Waals surface area contributed by atoms with Gasteiger partial charge in [0.05, 0.1) is 16.3 Å². The summed E-state index contributed by atoms with van der Waals surface area (Å²) in [4.78, 5) is 25.8. The van der Waals surface area contributed by atoms with Gasteiger partial charge >= 0.3 is 5.97 Å². The molecule has 4 aromatic rings. The smallest absolute Gasteiger partial charge is 0.336 e. The van der Waals surface area contributed by atoms with E-state index in [0.717, 1.165) is 11.1 Å². The third-order valence-electron chi connectivity index (χ3n) is 6.22. The van der Waals surface area contributed by atoms with Crippen LogP contribution in [0.15, 0.2) is 97.1 Å². The lowest BCUT2D eigenvalue weighted by Crippen LogP contribution is -2.33. The van der Waals surface area contributed by atoms with Crippen LogP contribution in [0.25, 0.3) is 0 Å². The summed E-state index contributed by atoms with van der Waals surface area (Å²) in [6.07, 6.45) is 0.519. The van der Waals surface area contributed by atoms with E-state index in [1.54, 1.807) is 24.3 Å². The maximum atomic E-state index is 13.2. The normalized spacial score (nSPS) is 11.2. The highest BCUT2D eigenvalue weighted by Gasteiger charge is 2.40. The average Bonchev–Trinajstić information content (AvgIpc) is 2.88. The SMILES string of the molecule is CCC(c1ccccc1)(c1ccccc1)c1c(C(=O)O)ccc(Cl)c1NC(=O)c1ccc(Cl)cc1. The van der Waals surface area contributed by atoms with Crippen LogP contribution in [0.2, 0.25) is 10.0 Å². The molecule has 4 aromatic carbocycles. The van der Waals surface area contributed by atoms with Crippen molar-refractivity contribution in [1.29, 1.82) is 0 Å². The van der Waals surface area contributed by atoms with E-state index in [-0.39, 0.29) is 16.3 Å². The lowest BCUT2D eigenvalue weighted by Gasteiger charge is -2.37. The highest BCUT2D eigenvalue weighted by molar-refractivity contribution is 6.34. The predicted octanol–water partition coefficient (Wildman–Crippen LogP) is 7.69. The molecule has 0 atom stereocenters. The van der Waals surface area contributed by atoms with Gasteiger partial charge in [0.25, 0.3) is 5.91 Å². The van der Waals surface area contributed by atoms with E-state index in [1.807, 2.05) is 67.6 Å². The summed E-state index contributed by atoms with van der Waals surface area (Å²) in [5.74, 6) is -1.53. The molecule has 0 aliphatic rings. The van der Waals surface area contributed by atoms with E-state index in [1.165, 1.54) is 12.1 Å². The molecule has 0 unspecified atom stereocenters. The molecule has 4 rings (SSSR count). The maximum absolute atomic E-state index is 13.2. The monoisotopic (exact) mass is 503 g/mol. The molecular weight excluding hydrogens is 481 g/mol. The van der Waals surface area contributed by atoms with Crippen molar-refractivity contribution in [2.45, 2.75) is 18.8 Å². The van der Waals surface area contributed by atoms with Gasteiger partial charge in [-0.3, -0.25) is 4.79 Å². The van der Waals surface area contributed by atoms with Gasteiger partial charge in [0.2, 0.25) is 0 Å². The summed E-state index contributed by atoms with van der Waals surface area (Å²) in [5, 5.41) is 13.9. The molecule has 0 bridgehead atoms. The number of nitrogens with one attached hydrogen (secondary N) is 1. The van der Waals surface area contributed by atoms with Crippen molar-refractivity contribution in [3.63, 3.8) is 0 Å². The lowest BCUT2D eigenvalue weighted by atomic mass is 9.65. The number of benzene rings is 4. The van der Waals surface area contributed by atoms with Crippen LogP contribution in [-0.4, -0.2) is 17.0 Å². The summed E-state index contributed by atoms with van der Waals surface area (Å²) in [7, 11) is 0. The zero-order chi connectivity index (χ0) is 25.0. The van der Waals surface area contributed by atoms with Crippen LogP contribution in [0.5, 0.6) is 0 Å². The number of aromatic carboxylic acids is 1. The molecule has 6 heteroatoms. The van der Waals surface area contributed by atoms with Crippen LogP contribution >= 0.6 is 23.2 Å². The molecule has 1 amide bonds.